The summed E-state index contributed by atoms with van der Waals surface area (Å²) in [6.07, 6.45) is -1.02. The summed E-state index contributed by atoms with van der Waals surface area (Å²) in [4.78, 5) is 0. The SMILES string of the molecule is OC(Oc1ccccc1)C(Br)(Br)Br. The molecule has 0 aliphatic rings. The summed E-state index contributed by atoms with van der Waals surface area (Å²) >= 11 is 9.48. The van der Waals surface area contributed by atoms with Crippen LogP contribution in [0.15, 0.2) is 30.3 Å². The molecule has 0 aliphatic carbocycles. The summed E-state index contributed by atoms with van der Waals surface area (Å²) in [5.41, 5.74) is 0. The molecule has 72 valence electrons. The molecular formula is C8H7Br3O2. The van der Waals surface area contributed by atoms with Gasteiger partial charge in [-0.3, -0.25) is 0 Å². The summed E-state index contributed by atoms with van der Waals surface area (Å²) in [6, 6.07) is 9.08. The van der Waals surface area contributed by atoms with Gasteiger partial charge in [0.1, 0.15) is 5.75 Å². The number of aliphatic hydroxyl groups excluding tert-OH is 1. The fourth-order valence-corrected chi connectivity index (χ4v) is 0.975. The van der Waals surface area contributed by atoms with Crippen molar-refractivity contribution in [3.63, 3.8) is 0 Å². The normalized spacial score (nSPS) is 13.8. The molecule has 0 saturated heterocycles. The zero-order valence-electron chi connectivity index (χ0n) is 6.45. The number of alkyl halides is 3. The Hall–Kier alpha value is 0.420. The molecule has 0 heterocycles. The van der Waals surface area contributed by atoms with E-state index in [1.165, 1.54) is 0 Å². The molecule has 0 aliphatic heterocycles. The zero-order chi connectivity index (χ0) is 9.90. The van der Waals surface area contributed by atoms with Crippen molar-refractivity contribution < 1.29 is 9.84 Å². The molecule has 0 aromatic heterocycles. The quantitative estimate of drug-likeness (QED) is 0.636. The Labute approximate surface area is 102 Å². The first-order valence-electron chi connectivity index (χ1n) is 3.46. The number of benzene rings is 1. The number of halogens is 3. The first kappa shape index (κ1) is 11.5. The first-order valence-corrected chi connectivity index (χ1v) is 5.84. The van der Waals surface area contributed by atoms with E-state index in [1.54, 1.807) is 12.1 Å². The topological polar surface area (TPSA) is 29.5 Å². The highest BCUT2D eigenvalue weighted by Gasteiger charge is 2.30. The van der Waals surface area contributed by atoms with Crippen LogP contribution in [0.4, 0.5) is 0 Å². The fourth-order valence-electron chi connectivity index (χ4n) is 0.695. The predicted octanol–water partition coefficient (Wildman–Crippen LogP) is 3.22. The lowest BCUT2D eigenvalue weighted by molar-refractivity contribution is -0.00483. The zero-order valence-corrected chi connectivity index (χ0v) is 11.2. The fraction of sp³-hybridized carbons (Fsp3) is 0.250. The molecule has 0 saturated carbocycles. The molecule has 0 fully saturated rings. The van der Waals surface area contributed by atoms with Crippen molar-refractivity contribution in [2.24, 2.45) is 0 Å². The summed E-state index contributed by atoms with van der Waals surface area (Å²) < 4.78 is 4.38. The maximum atomic E-state index is 9.48. The van der Waals surface area contributed by atoms with E-state index in [0.717, 1.165) is 0 Å². The van der Waals surface area contributed by atoms with Gasteiger partial charge in [-0.05, 0) is 12.1 Å². The molecule has 1 rings (SSSR count). The van der Waals surface area contributed by atoms with Crippen LogP contribution in [0.2, 0.25) is 0 Å². The van der Waals surface area contributed by atoms with Crippen molar-refractivity contribution >= 4 is 47.8 Å². The lowest BCUT2D eigenvalue weighted by Gasteiger charge is -2.20. The van der Waals surface area contributed by atoms with Crippen molar-refractivity contribution in [1.29, 1.82) is 0 Å². The van der Waals surface area contributed by atoms with Gasteiger partial charge in [-0.1, -0.05) is 66.0 Å². The monoisotopic (exact) mass is 372 g/mol. The summed E-state index contributed by atoms with van der Waals surface area (Å²) in [5, 5.41) is 9.48. The Balaban J connectivity index is 2.61. The predicted molar refractivity (Wildman–Crippen MR) is 62.6 cm³/mol. The van der Waals surface area contributed by atoms with Crippen molar-refractivity contribution in [3.05, 3.63) is 30.3 Å². The summed E-state index contributed by atoms with van der Waals surface area (Å²) in [7, 11) is 0. The highest BCUT2D eigenvalue weighted by atomic mass is 80.0. The Morgan fingerprint density at radius 1 is 1.15 bits per heavy atom. The second kappa shape index (κ2) is 4.77. The second-order valence-electron chi connectivity index (χ2n) is 2.32. The van der Waals surface area contributed by atoms with Gasteiger partial charge >= 0.3 is 0 Å². The Morgan fingerprint density at radius 2 is 1.69 bits per heavy atom. The number of ether oxygens (including phenoxy) is 1. The molecule has 0 bridgehead atoms. The van der Waals surface area contributed by atoms with Crippen molar-refractivity contribution in [2.45, 2.75) is 8.43 Å². The second-order valence-corrected chi connectivity index (χ2v) is 9.27. The van der Waals surface area contributed by atoms with Gasteiger partial charge in [-0.15, -0.1) is 0 Å². The van der Waals surface area contributed by atoms with Crippen LogP contribution >= 0.6 is 47.8 Å². The van der Waals surface area contributed by atoms with E-state index in [4.69, 9.17) is 4.74 Å². The third kappa shape index (κ3) is 3.97. The molecule has 2 nitrogen and oxygen atoms in total. The molecule has 1 aromatic carbocycles. The van der Waals surface area contributed by atoms with Crippen LogP contribution in [0.25, 0.3) is 0 Å². The lowest BCUT2D eigenvalue weighted by atomic mass is 10.3. The number of hydrogen-bond donors (Lipinski definition) is 1. The average Bonchev–Trinajstić information content (AvgIpc) is 2.04. The van der Waals surface area contributed by atoms with E-state index in [1.807, 2.05) is 18.2 Å². The molecule has 1 N–H and O–H groups in total. The molecule has 13 heavy (non-hydrogen) atoms. The number of aliphatic hydroxyl groups is 1. The van der Waals surface area contributed by atoms with Crippen molar-refractivity contribution in [1.82, 2.24) is 0 Å². The van der Waals surface area contributed by atoms with Crippen LogP contribution in [0, 0.1) is 0 Å². The molecule has 0 radical (unpaired) electrons. The maximum Gasteiger partial charge on any atom is 0.232 e. The maximum absolute atomic E-state index is 9.48. The molecular weight excluding hydrogens is 368 g/mol. The Bertz CT molecular complexity index is 258. The Morgan fingerprint density at radius 3 is 2.15 bits per heavy atom. The third-order valence-corrected chi connectivity index (χ3v) is 2.45. The highest BCUT2D eigenvalue weighted by molar-refractivity contribution is 9.39. The minimum absolute atomic E-state index is 0.609. The standard InChI is InChI=1S/C8H7Br3O2/c9-8(10,11)7(12)13-6-4-2-1-3-5-6/h1-5,7,12H. The largest absolute Gasteiger partial charge is 0.462 e. The number of hydrogen-bond acceptors (Lipinski definition) is 2. The van der Waals surface area contributed by atoms with Crippen LogP contribution in [0.5, 0.6) is 5.75 Å². The van der Waals surface area contributed by atoms with Gasteiger partial charge < -0.3 is 9.84 Å². The third-order valence-electron chi connectivity index (χ3n) is 1.27. The highest BCUT2D eigenvalue weighted by Crippen LogP contribution is 2.37. The van der Waals surface area contributed by atoms with E-state index < -0.39 is 8.43 Å². The van der Waals surface area contributed by atoms with Gasteiger partial charge in [0.05, 0.1) is 0 Å². The number of para-hydroxylation sites is 1. The van der Waals surface area contributed by atoms with Crippen molar-refractivity contribution in [2.75, 3.05) is 0 Å². The number of rotatable bonds is 2. The minimum Gasteiger partial charge on any atom is -0.462 e. The van der Waals surface area contributed by atoms with Crippen LogP contribution in [0.3, 0.4) is 0 Å². The molecule has 1 unspecified atom stereocenters. The van der Waals surface area contributed by atoms with E-state index >= 15 is 0 Å². The molecule has 1 aromatic rings. The average molecular weight is 375 g/mol. The van der Waals surface area contributed by atoms with E-state index in [9.17, 15) is 5.11 Å². The van der Waals surface area contributed by atoms with Gasteiger partial charge in [-0.2, -0.15) is 0 Å². The molecule has 0 spiro atoms. The smallest absolute Gasteiger partial charge is 0.232 e. The minimum atomic E-state index is -1.02. The lowest BCUT2D eigenvalue weighted by Crippen LogP contribution is -2.29. The first-order chi connectivity index (χ1) is 6.00. The van der Waals surface area contributed by atoms with Crippen LogP contribution < -0.4 is 4.74 Å². The van der Waals surface area contributed by atoms with Gasteiger partial charge in [0.2, 0.25) is 6.29 Å². The van der Waals surface area contributed by atoms with Gasteiger partial charge in [0.15, 0.2) is 2.14 Å². The van der Waals surface area contributed by atoms with E-state index in [2.05, 4.69) is 47.8 Å². The van der Waals surface area contributed by atoms with Crippen LogP contribution in [0.1, 0.15) is 0 Å². The van der Waals surface area contributed by atoms with Gasteiger partial charge in [0.25, 0.3) is 0 Å². The summed E-state index contributed by atoms with van der Waals surface area (Å²) in [6.45, 7) is 0. The van der Waals surface area contributed by atoms with Gasteiger partial charge in [0, 0.05) is 0 Å². The summed E-state index contributed by atoms with van der Waals surface area (Å²) in [5.74, 6) is 0.609. The van der Waals surface area contributed by atoms with Crippen molar-refractivity contribution in [3.8, 4) is 5.75 Å². The molecule has 5 heteroatoms. The Kier molecular flexibility index (Phi) is 4.22. The van der Waals surface area contributed by atoms with E-state index in [-0.39, 0.29) is 0 Å². The van der Waals surface area contributed by atoms with Crippen LogP contribution in [-0.4, -0.2) is 13.5 Å². The molecule has 0 amide bonds. The van der Waals surface area contributed by atoms with Crippen LogP contribution in [-0.2, 0) is 0 Å². The molecule has 1 atom stereocenters. The van der Waals surface area contributed by atoms with E-state index in [0.29, 0.717) is 5.75 Å². The van der Waals surface area contributed by atoms with Gasteiger partial charge in [-0.25, -0.2) is 0 Å².